The van der Waals surface area contributed by atoms with E-state index in [1.54, 1.807) is 0 Å². The number of ether oxygens (including phenoxy) is 2. The zero-order chi connectivity index (χ0) is 24.7. The molecule has 0 radical (unpaired) electrons. The van der Waals surface area contributed by atoms with E-state index in [1.165, 1.54) is 70.6 Å². The van der Waals surface area contributed by atoms with Crippen LogP contribution in [0.15, 0.2) is 0 Å². The summed E-state index contributed by atoms with van der Waals surface area (Å²) in [5, 5.41) is 22.1. The molecule has 4 aliphatic rings. The van der Waals surface area contributed by atoms with Gasteiger partial charge >= 0.3 is 0 Å². The zero-order valence-electron chi connectivity index (χ0n) is 22.6. The molecule has 1 heterocycles. The maximum absolute atomic E-state index is 11.2. The number of rotatable bonds is 11. The third-order valence-corrected chi connectivity index (χ3v) is 10.00. The van der Waals surface area contributed by atoms with Gasteiger partial charge in [0.15, 0.2) is 5.79 Å². The summed E-state index contributed by atoms with van der Waals surface area (Å²) in [7, 11) is 0. The van der Waals surface area contributed by atoms with Crippen molar-refractivity contribution in [3.8, 4) is 11.8 Å². The molecule has 4 nitrogen and oxygen atoms in total. The van der Waals surface area contributed by atoms with Gasteiger partial charge in [-0.3, -0.25) is 0 Å². The molecule has 4 fully saturated rings. The van der Waals surface area contributed by atoms with Gasteiger partial charge in [-0.05, 0) is 50.4 Å². The third kappa shape index (κ3) is 5.50. The van der Waals surface area contributed by atoms with Gasteiger partial charge in [-0.25, -0.2) is 0 Å². The molecule has 0 bridgehead atoms. The van der Waals surface area contributed by atoms with Crippen molar-refractivity contribution < 1.29 is 19.7 Å². The lowest BCUT2D eigenvalue weighted by Gasteiger charge is -2.70. The van der Waals surface area contributed by atoms with Crippen LogP contribution in [0.25, 0.3) is 0 Å². The van der Waals surface area contributed by atoms with Crippen molar-refractivity contribution in [2.45, 2.75) is 141 Å². The van der Waals surface area contributed by atoms with Crippen molar-refractivity contribution in [2.75, 3.05) is 13.2 Å². The lowest BCUT2D eigenvalue weighted by molar-refractivity contribution is -0.394. The fraction of sp³-hybridized carbons (Fsp3) is 0.935. The van der Waals surface area contributed by atoms with Crippen LogP contribution >= 0.6 is 0 Å². The van der Waals surface area contributed by atoms with E-state index in [4.69, 9.17) is 9.47 Å². The molecule has 1 saturated heterocycles. The van der Waals surface area contributed by atoms with Gasteiger partial charge in [0.1, 0.15) is 6.10 Å². The van der Waals surface area contributed by atoms with E-state index in [1.807, 2.05) is 0 Å². The molecule has 0 aromatic rings. The number of hydrogen-bond donors (Lipinski definition) is 2. The highest BCUT2D eigenvalue weighted by Crippen LogP contribution is 2.72. The largest absolute Gasteiger partial charge is 0.392 e. The Morgan fingerprint density at radius 3 is 2.26 bits per heavy atom. The SMILES string of the molecule is CCCCCCC1[C@H]2[C@H](C#C[C@@H](O)C3CCCCC3)[C@@H](O)CC[C@@]2(CCCCCC)C12OCCO2. The van der Waals surface area contributed by atoms with Crippen LogP contribution in [-0.4, -0.2) is 41.4 Å². The second-order valence-corrected chi connectivity index (χ2v) is 12.1. The number of aliphatic hydroxyl groups excluding tert-OH is 2. The fourth-order valence-electron chi connectivity index (χ4n) is 8.24. The number of aliphatic hydroxyl groups is 2. The standard InChI is InChI=1S/C31H52O4/c1-3-5-7-12-16-26-29-25(17-18-27(32)24-14-10-9-11-15-24)28(33)19-21-30(29,20-13-8-6-4-2)31(26)34-22-23-35-31/h24-29,32-33H,3-16,19-23H2,1-2H3/t25-,26?,27-,28+,29-,30-/m1/s1. The van der Waals surface area contributed by atoms with Gasteiger partial charge in [0.05, 0.1) is 25.2 Å². The Bertz CT molecular complexity index is 699. The van der Waals surface area contributed by atoms with Crippen molar-refractivity contribution in [1.82, 2.24) is 0 Å². The summed E-state index contributed by atoms with van der Waals surface area (Å²) in [5.74, 6) is 7.12. The van der Waals surface area contributed by atoms with E-state index in [0.29, 0.717) is 31.0 Å². The predicted octanol–water partition coefficient (Wildman–Crippen LogP) is 6.62. The van der Waals surface area contributed by atoms with E-state index in [2.05, 4.69) is 25.7 Å². The molecule has 0 amide bonds. The van der Waals surface area contributed by atoms with Crippen LogP contribution in [0, 0.1) is 40.9 Å². The average molecular weight is 489 g/mol. The van der Waals surface area contributed by atoms with Crippen LogP contribution < -0.4 is 0 Å². The molecule has 35 heavy (non-hydrogen) atoms. The van der Waals surface area contributed by atoms with Gasteiger partial charge in [0.2, 0.25) is 0 Å². The first-order valence-corrected chi connectivity index (χ1v) is 15.2. The van der Waals surface area contributed by atoms with Crippen molar-refractivity contribution in [3.05, 3.63) is 0 Å². The summed E-state index contributed by atoms with van der Waals surface area (Å²) >= 11 is 0. The summed E-state index contributed by atoms with van der Waals surface area (Å²) in [5.41, 5.74) is -0.0406. The summed E-state index contributed by atoms with van der Waals surface area (Å²) in [6.45, 7) is 5.90. The quantitative estimate of drug-likeness (QED) is 0.253. The van der Waals surface area contributed by atoms with Crippen molar-refractivity contribution in [2.24, 2.45) is 29.1 Å². The van der Waals surface area contributed by atoms with Crippen LogP contribution in [0.1, 0.15) is 123 Å². The third-order valence-electron chi connectivity index (χ3n) is 10.00. The first-order valence-electron chi connectivity index (χ1n) is 15.2. The van der Waals surface area contributed by atoms with Crippen LogP contribution in [0.2, 0.25) is 0 Å². The van der Waals surface area contributed by atoms with Gasteiger partial charge in [0, 0.05) is 11.3 Å². The molecule has 4 rings (SSSR count). The Morgan fingerprint density at radius 1 is 0.886 bits per heavy atom. The molecule has 0 aromatic carbocycles. The van der Waals surface area contributed by atoms with E-state index in [9.17, 15) is 10.2 Å². The molecule has 3 saturated carbocycles. The molecule has 4 heteroatoms. The minimum atomic E-state index is -0.556. The van der Waals surface area contributed by atoms with Crippen LogP contribution in [0.3, 0.4) is 0 Å². The fourth-order valence-corrected chi connectivity index (χ4v) is 8.24. The highest BCUT2D eigenvalue weighted by Gasteiger charge is 2.76. The Hall–Kier alpha value is -0.600. The van der Waals surface area contributed by atoms with Gasteiger partial charge < -0.3 is 19.7 Å². The lowest BCUT2D eigenvalue weighted by Crippen LogP contribution is -2.75. The van der Waals surface area contributed by atoms with Gasteiger partial charge in [-0.1, -0.05) is 96.3 Å². The maximum Gasteiger partial charge on any atom is 0.177 e. The Kier molecular flexibility index (Phi) is 10.0. The highest BCUT2D eigenvalue weighted by molar-refractivity contribution is 5.25. The molecular weight excluding hydrogens is 436 g/mol. The number of fused-ring (bicyclic) bond motifs is 2. The summed E-state index contributed by atoms with van der Waals surface area (Å²) in [6, 6.07) is 0. The van der Waals surface area contributed by atoms with E-state index >= 15 is 0 Å². The molecule has 1 unspecified atom stereocenters. The number of hydrogen-bond acceptors (Lipinski definition) is 4. The minimum Gasteiger partial charge on any atom is -0.392 e. The van der Waals surface area contributed by atoms with Crippen LogP contribution in [0.4, 0.5) is 0 Å². The minimum absolute atomic E-state index is 0.0406. The van der Waals surface area contributed by atoms with Crippen molar-refractivity contribution in [3.63, 3.8) is 0 Å². The Labute approximate surface area is 214 Å². The molecule has 200 valence electrons. The van der Waals surface area contributed by atoms with Crippen LogP contribution in [-0.2, 0) is 9.47 Å². The van der Waals surface area contributed by atoms with Gasteiger partial charge in [-0.15, -0.1) is 0 Å². The highest BCUT2D eigenvalue weighted by atomic mass is 16.7. The first kappa shape index (κ1) is 27.4. The molecular formula is C31H52O4. The van der Waals surface area contributed by atoms with Crippen molar-refractivity contribution >= 4 is 0 Å². The summed E-state index contributed by atoms with van der Waals surface area (Å²) in [4.78, 5) is 0. The van der Waals surface area contributed by atoms with Crippen LogP contribution in [0.5, 0.6) is 0 Å². The normalized spacial score (nSPS) is 35.2. The second-order valence-electron chi connectivity index (χ2n) is 12.1. The topological polar surface area (TPSA) is 58.9 Å². The lowest BCUT2D eigenvalue weighted by atomic mass is 9.39. The smallest absolute Gasteiger partial charge is 0.177 e. The molecule has 0 aromatic heterocycles. The van der Waals surface area contributed by atoms with E-state index in [0.717, 1.165) is 38.5 Å². The molecule has 2 N–H and O–H groups in total. The molecule has 1 spiro atoms. The van der Waals surface area contributed by atoms with Gasteiger partial charge in [0.25, 0.3) is 0 Å². The Balaban J connectivity index is 1.58. The number of unbranched alkanes of at least 4 members (excludes halogenated alkanes) is 6. The average Bonchev–Trinajstić information content (AvgIpc) is 3.40. The van der Waals surface area contributed by atoms with E-state index < -0.39 is 18.0 Å². The molecule has 3 aliphatic carbocycles. The van der Waals surface area contributed by atoms with E-state index in [-0.39, 0.29) is 11.3 Å². The molecule has 6 atom stereocenters. The molecule has 1 aliphatic heterocycles. The zero-order valence-corrected chi connectivity index (χ0v) is 22.6. The van der Waals surface area contributed by atoms with Crippen molar-refractivity contribution in [1.29, 1.82) is 0 Å². The summed E-state index contributed by atoms with van der Waals surface area (Å²) < 4.78 is 13.2. The predicted molar refractivity (Wildman–Crippen MR) is 141 cm³/mol. The first-order chi connectivity index (χ1) is 17.1. The maximum atomic E-state index is 11.2. The monoisotopic (exact) mass is 488 g/mol. The Morgan fingerprint density at radius 2 is 1.57 bits per heavy atom. The second kappa shape index (κ2) is 12.8. The summed E-state index contributed by atoms with van der Waals surface area (Å²) in [6.07, 6.45) is 18.7. The van der Waals surface area contributed by atoms with Gasteiger partial charge in [-0.2, -0.15) is 0 Å².